The summed E-state index contributed by atoms with van der Waals surface area (Å²) in [6.07, 6.45) is 2.23. The summed E-state index contributed by atoms with van der Waals surface area (Å²) in [5, 5.41) is 9.43. The first-order chi connectivity index (χ1) is 17.4. The van der Waals surface area contributed by atoms with Crippen LogP contribution < -0.4 is 15.8 Å². The van der Waals surface area contributed by atoms with Gasteiger partial charge in [0.25, 0.3) is 17.6 Å². The number of nitrogens with two attached hydrogens (primary N) is 1. The van der Waals surface area contributed by atoms with E-state index < -0.39 is 63.4 Å². The number of aromatic nitrogens is 3. The normalized spacial score (nSPS) is 13.1. The highest BCUT2D eigenvalue weighted by Crippen LogP contribution is 2.23. The van der Waals surface area contributed by atoms with Gasteiger partial charge in [0.05, 0.1) is 17.1 Å². The van der Waals surface area contributed by atoms with Gasteiger partial charge in [-0.15, -0.1) is 10.2 Å². The number of rotatable bonds is 12. The minimum absolute atomic E-state index is 0.0267. The topological polar surface area (TPSA) is 184 Å². The monoisotopic (exact) mass is 537 g/mol. The van der Waals surface area contributed by atoms with Crippen molar-refractivity contribution in [3.05, 3.63) is 60.2 Å². The summed E-state index contributed by atoms with van der Waals surface area (Å²) in [5.74, 6) is -5.79. The second-order valence-electron chi connectivity index (χ2n) is 7.85. The number of ketones is 1. The predicted octanol–water partition coefficient (Wildman–Crippen LogP) is 1.28. The zero-order valence-corrected chi connectivity index (χ0v) is 20.1. The van der Waals surface area contributed by atoms with Gasteiger partial charge in [-0.05, 0) is 25.1 Å². The Hall–Kier alpha value is -4.27. The zero-order chi connectivity index (χ0) is 27.2. The van der Waals surface area contributed by atoms with Crippen LogP contribution in [0.5, 0.6) is 5.75 Å². The summed E-state index contributed by atoms with van der Waals surface area (Å²) in [6, 6.07) is 8.49. The van der Waals surface area contributed by atoms with Crippen LogP contribution >= 0.6 is 0 Å². The molecule has 3 aromatic rings. The number of halogens is 2. The number of carbonyl (C=O) groups is 3. The third-order valence-electron chi connectivity index (χ3n) is 5.07. The van der Waals surface area contributed by atoms with Crippen LogP contribution in [0.2, 0.25) is 0 Å². The Morgan fingerprint density at radius 2 is 1.89 bits per heavy atom. The highest BCUT2D eigenvalue weighted by atomic mass is 32.2. The molecule has 0 aliphatic rings. The third-order valence-corrected chi connectivity index (χ3v) is 6.65. The van der Waals surface area contributed by atoms with E-state index in [1.165, 1.54) is 36.7 Å². The molecule has 37 heavy (non-hydrogen) atoms. The number of benzene rings is 1. The van der Waals surface area contributed by atoms with E-state index in [-0.39, 0.29) is 17.2 Å². The number of hydrogen-bond donors (Lipinski definition) is 2. The molecule has 1 aromatic carbocycles. The molecule has 0 saturated heterocycles. The van der Waals surface area contributed by atoms with Crippen LogP contribution in [0.3, 0.4) is 0 Å². The first-order valence-corrected chi connectivity index (χ1v) is 12.4. The summed E-state index contributed by atoms with van der Waals surface area (Å²) in [6.45, 7) is -2.14. The number of hydrogen-bond acceptors (Lipinski definition) is 10. The minimum Gasteiger partial charge on any atom is -0.435 e. The van der Waals surface area contributed by atoms with Gasteiger partial charge in [0, 0.05) is 24.4 Å². The van der Waals surface area contributed by atoms with Crippen LogP contribution in [-0.2, 0) is 25.2 Å². The Bertz CT molecular complexity index is 1400. The van der Waals surface area contributed by atoms with Gasteiger partial charge in [0.2, 0.25) is 11.8 Å². The van der Waals surface area contributed by atoms with Crippen LogP contribution in [0, 0.1) is 0 Å². The highest BCUT2D eigenvalue weighted by molar-refractivity contribution is 7.90. The fourth-order valence-corrected chi connectivity index (χ4v) is 4.45. The van der Waals surface area contributed by atoms with Crippen LogP contribution in [0.1, 0.15) is 29.6 Å². The Morgan fingerprint density at radius 1 is 1.16 bits per heavy atom. The quantitative estimate of drug-likeness (QED) is 0.252. The summed E-state index contributed by atoms with van der Waals surface area (Å²) < 4.78 is 59.8. The third kappa shape index (κ3) is 6.91. The molecule has 0 aliphatic heterocycles. The van der Waals surface area contributed by atoms with E-state index in [1.54, 1.807) is 12.1 Å². The number of carbonyl (C=O) groups excluding carboxylic acids is 3. The summed E-state index contributed by atoms with van der Waals surface area (Å²) in [7, 11) is -4.00. The van der Waals surface area contributed by atoms with Gasteiger partial charge in [0.15, 0.2) is 15.4 Å². The lowest BCUT2D eigenvalue weighted by Crippen LogP contribution is -2.60. The molecule has 15 heteroatoms. The van der Waals surface area contributed by atoms with Crippen LogP contribution in [0.15, 0.2) is 53.2 Å². The van der Waals surface area contributed by atoms with Gasteiger partial charge < -0.3 is 20.2 Å². The fourth-order valence-electron chi connectivity index (χ4n) is 3.10. The number of primary amides is 1. The molecule has 12 nitrogen and oxygen atoms in total. The number of alkyl halides is 2. The molecule has 0 saturated carbocycles. The molecule has 2 amide bonds. The number of nitrogens with one attached hydrogen (secondary N) is 1. The van der Waals surface area contributed by atoms with Crippen molar-refractivity contribution < 1.29 is 40.7 Å². The van der Waals surface area contributed by atoms with Crippen LogP contribution in [0.25, 0.3) is 11.5 Å². The van der Waals surface area contributed by atoms with Gasteiger partial charge in [-0.1, -0.05) is 18.2 Å². The van der Waals surface area contributed by atoms with Crippen molar-refractivity contribution >= 4 is 27.4 Å². The van der Waals surface area contributed by atoms with Crippen LogP contribution in [0.4, 0.5) is 8.78 Å². The van der Waals surface area contributed by atoms with Crippen molar-refractivity contribution in [2.75, 3.05) is 5.75 Å². The van der Waals surface area contributed by atoms with E-state index in [0.717, 1.165) is 6.92 Å². The molecule has 0 radical (unpaired) electrons. The van der Waals surface area contributed by atoms with E-state index in [9.17, 15) is 31.6 Å². The lowest BCUT2D eigenvalue weighted by molar-refractivity contribution is -0.129. The van der Waals surface area contributed by atoms with E-state index in [0.29, 0.717) is 5.56 Å². The molecule has 2 heterocycles. The Balaban J connectivity index is 1.68. The van der Waals surface area contributed by atoms with Crippen molar-refractivity contribution in [1.29, 1.82) is 0 Å². The number of Topliss-reactive ketones (excluding diaryl/α,β-unsaturated/α-hetero) is 1. The largest absolute Gasteiger partial charge is 0.435 e. The number of nitrogens with zero attached hydrogens (tertiary/aromatic N) is 3. The van der Waals surface area contributed by atoms with Crippen LogP contribution in [-0.4, -0.2) is 59.1 Å². The number of pyridine rings is 1. The van der Waals surface area contributed by atoms with Gasteiger partial charge in [-0.25, -0.2) is 8.42 Å². The van der Waals surface area contributed by atoms with E-state index in [4.69, 9.17) is 10.2 Å². The van der Waals surface area contributed by atoms with Crippen molar-refractivity contribution in [3.63, 3.8) is 0 Å². The van der Waals surface area contributed by atoms with E-state index >= 15 is 0 Å². The van der Waals surface area contributed by atoms with Crippen molar-refractivity contribution in [3.8, 4) is 17.2 Å². The number of para-hydroxylation sites is 1. The van der Waals surface area contributed by atoms with E-state index in [1.807, 2.05) is 0 Å². The minimum atomic E-state index is -4.00. The Morgan fingerprint density at radius 3 is 2.54 bits per heavy atom. The SMILES string of the molecule is CC(NC(=O)CCS(=O)(=O)Cc1ccccc1OC(F)F)(C(N)=O)C(=O)c1nnc(-c2cccnc2)o1. The Kier molecular flexibility index (Phi) is 8.27. The van der Waals surface area contributed by atoms with Gasteiger partial charge in [0.1, 0.15) is 5.75 Å². The fraction of sp³-hybridized carbons (Fsp3) is 0.273. The zero-order valence-electron chi connectivity index (χ0n) is 19.3. The number of ether oxygens (including phenoxy) is 1. The lowest BCUT2D eigenvalue weighted by atomic mass is 9.95. The van der Waals surface area contributed by atoms with Crippen molar-refractivity contribution in [2.24, 2.45) is 5.73 Å². The molecule has 3 rings (SSSR count). The van der Waals surface area contributed by atoms with Gasteiger partial charge in [-0.2, -0.15) is 8.78 Å². The molecule has 1 unspecified atom stereocenters. The second kappa shape index (κ2) is 11.2. The summed E-state index contributed by atoms with van der Waals surface area (Å²) >= 11 is 0. The summed E-state index contributed by atoms with van der Waals surface area (Å²) in [5.41, 5.74) is 3.38. The van der Waals surface area contributed by atoms with Gasteiger partial charge in [-0.3, -0.25) is 19.4 Å². The molecular weight excluding hydrogens is 516 g/mol. The lowest BCUT2D eigenvalue weighted by Gasteiger charge is -2.24. The average molecular weight is 538 g/mol. The molecule has 0 fully saturated rings. The number of amides is 2. The van der Waals surface area contributed by atoms with E-state index in [2.05, 4.69) is 25.2 Å². The molecule has 0 aliphatic carbocycles. The molecule has 196 valence electrons. The maximum atomic E-state index is 12.9. The maximum Gasteiger partial charge on any atom is 0.387 e. The van der Waals surface area contributed by atoms with Crippen molar-refractivity contribution in [2.45, 2.75) is 31.2 Å². The van der Waals surface area contributed by atoms with Crippen molar-refractivity contribution in [1.82, 2.24) is 20.5 Å². The molecule has 3 N–H and O–H groups in total. The second-order valence-corrected chi connectivity index (χ2v) is 10.0. The molecule has 0 bridgehead atoms. The standard InChI is InChI=1S/C22H21F2N5O7S/c1-22(20(25)32,17(31)19-29-28-18(36-19)13-6-4-9-26-11-13)27-16(30)8-10-37(33,34)12-14-5-2-3-7-15(14)35-21(23)24/h2-7,9,11,21H,8,10,12H2,1H3,(H2,25,32)(H,27,30). The Labute approximate surface area is 209 Å². The predicted molar refractivity (Wildman–Crippen MR) is 123 cm³/mol. The molecular formula is C22H21F2N5O7S. The first kappa shape index (κ1) is 27.3. The average Bonchev–Trinajstić information content (AvgIpc) is 3.34. The first-order valence-electron chi connectivity index (χ1n) is 10.5. The van der Waals surface area contributed by atoms with Gasteiger partial charge >= 0.3 is 6.61 Å². The highest BCUT2D eigenvalue weighted by Gasteiger charge is 2.44. The smallest absolute Gasteiger partial charge is 0.387 e. The summed E-state index contributed by atoms with van der Waals surface area (Å²) in [4.78, 5) is 41.4. The molecule has 1 atom stereocenters. The molecule has 2 aromatic heterocycles. The molecule has 0 spiro atoms. The number of sulfone groups is 1. The maximum absolute atomic E-state index is 12.9.